The third kappa shape index (κ3) is 5.94. The molecule has 0 aliphatic heterocycles. The van der Waals surface area contributed by atoms with E-state index in [2.05, 4.69) is 16.0 Å². The molecule has 2 aromatic carbocycles. The van der Waals surface area contributed by atoms with Crippen molar-refractivity contribution >= 4 is 29.1 Å². The average molecular weight is 355 g/mol. The summed E-state index contributed by atoms with van der Waals surface area (Å²) in [5.41, 5.74) is 2.15. The van der Waals surface area contributed by atoms with Crippen LogP contribution in [0, 0.1) is 6.92 Å². The van der Waals surface area contributed by atoms with Crippen LogP contribution in [-0.2, 0) is 14.4 Å². The highest BCUT2D eigenvalue weighted by Gasteiger charge is 2.15. The van der Waals surface area contributed by atoms with Crippen molar-refractivity contribution < 1.29 is 19.1 Å². The van der Waals surface area contributed by atoms with Gasteiger partial charge in [-0.05, 0) is 50.2 Å². The van der Waals surface area contributed by atoms with E-state index in [1.807, 2.05) is 26.0 Å². The molecule has 136 valence electrons. The Morgan fingerprint density at radius 3 is 2.04 bits per heavy atom. The maximum Gasteiger partial charge on any atom is 0.313 e. The van der Waals surface area contributed by atoms with Crippen LogP contribution in [0.5, 0.6) is 5.75 Å². The zero-order chi connectivity index (χ0) is 18.9. The number of carbonyl (C=O) groups is 3. The van der Waals surface area contributed by atoms with E-state index in [0.717, 1.165) is 5.56 Å². The Morgan fingerprint density at radius 2 is 1.42 bits per heavy atom. The molecule has 0 atom stereocenters. The molecule has 0 saturated heterocycles. The summed E-state index contributed by atoms with van der Waals surface area (Å²) in [6, 6.07) is 13.9. The molecule has 0 fully saturated rings. The number of ether oxygens (including phenoxy) is 1. The molecule has 0 bridgehead atoms. The minimum Gasteiger partial charge on any atom is -0.494 e. The van der Waals surface area contributed by atoms with Crippen molar-refractivity contribution in [1.82, 2.24) is 5.32 Å². The van der Waals surface area contributed by atoms with E-state index in [9.17, 15) is 14.4 Å². The van der Waals surface area contributed by atoms with Crippen LogP contribution in [0.1, 0.15) is 12.5 Å². The zero-order valence-corrected chi connectivity index (χ0v) is 14.7. The van der Waals surface area contributed by atoms with Gasteiger partial charge < -0.3 is 20.7 Å². The molecule has 0 spiro atoms. The number of nitrogens with one attached hydrogen (secondary N) is 3. The first kappa shape index (κ1) is 19.0. The van der Waals surface area contributed by atoms with Crippen molar-refractivity contribution in [3.63, 3.8) is 0 Å². The molecule has 3 amide bonds. The van der Waals surface area contributed by atoms with Gasteiger partial charge in [0, 0.05) is 11.4 Å². The number of anilines is 2. The lowest BCUT2D eigenvalue weighted by atomic mass is 10.2. The molecule has 0 heterocycles. The average Bonchev–Trinajstić information content (AvgIpc) is 2.63. The van der Waals surface area contributed by atoms with Gasteiger partial charge in [0.05, 0.1) is 13.2 Å². The van der Waals surface area contributed by atoms with Crippen LogP contribution in [0.25, 0.3) is 0 Å². The third-order valence-corrected chi connectivity index (χ3v) is 3.37. The third-order valence-electron chi connectivity index (χ3n) is 3.37. The van der Waals surface area contributed by atoms with E-state index < -0.39 is 17.7 Å². The van der Waals surface area contributed by atoms with Gasteiger partial charge in [-0.15, -0.1) is 0 Å². The van der Waals surface area contributed by atoms with Gasteiger partial charge in [-0.25, -0.2) is 0 Å². The lowest BCUT2D eigenvalue weighted by Gasteiger charge is -2.08. The standard InChI is InChI=1S/C19H21N3O4/c1-3-26-16-10-8-15(9-11-16)22-19(25)18(24)20-12-17(23)21-14-6-4-13(2)5-7-14/h4-11H,3,12H2,1-2H3,(H,20,24)(H,21,23)(H,22,25). The molecule has 0 aliphatic carbocycles. The Balaban J connectivity index is 1.78. The van der Waals surface area contributed by atoms with Crippen LogP contribution in [0.4, 0.5) is 11.4 Å². The molecule has 0 radical (unpaired) electrons. The molecule has 3 N–H and O–H groups in total. The summed E-state index contributed by atoms with van der Waals surface area (Å²) < 4.78 is 5.30. The first-order valence-electron chi connectivity index (χ1n) is 8.16. The van der Waals surface area contributed by atoms with Gasteiger partial charge in [0.2, 0.25) is 5.91 Å². The molecule has 7 nitrogen and oxygen atoms in total. The van der Waals surface area contributed by atoms with Gasteiger partial charge in [-0.2, -0.15) is 0 Å². The van der Waals surface area contributed by atoms with Crippen molar-refractivity contribution in [2.75, 3.05) is 23.8 Å². The first-order valence-corrected chi connectivity index (χ1v) is 8.16. The van der Waals surface area contributed by atoms with Crippen LogP contribution in [0.2, 0.25) is 0 Å². The number of amides is 3. The second-order valence-electron chi connectivity index (χ2n) is 5.51. The monoisotopic (exact) mass is 355 g/mol. The number of carbonyl (C=O) groups excluding carboxylic acids is 3. The quantitative estimate of drug-likeness (QED) is 0.691. The van der Waals surface area contributed by atoms with Gasteiger partial charge in [0.15, 0.2) is 0 Å². The molecular weight excluding hydrogens is 334 g/mol. The maximum absolute atomic E-state index is 11.8. The fraction of sp³-hybridized carbons (Fsp3) is 0.211. The van der Waals surface area contributed by atoms with Crippen molar-refractivity contribution in [3.8, 4) is 5.75 Å². The van der Waals surface area contributed by atoms with Crippen LogP contribution in [0.15, 0.2) is 48.5 Å². The Kier molecular flexibility index (Phi) is 6.73. The van der Waals surface area contributed by atoms with Gasteiger partial charge in [-0.1, -0.05) is 17.7 Å². The highest BCUT2D eigenvalue weighted by Crippen LogP contribution is 2.15. The number of hydrogen-bond donors (Lipinski definition) is 3. The number of aryl methyl sites for hydroxylation is 1. The summed E-state index contributed by atoms with van der Waals surface area (Å²) in [5.74, 6) is -1.49. The summed E-state index contributed by atoms with van der Waals surface area (Å²) in [6.07, 6.45) is 0. The lowest BCUT2D eigenvalue weighted by Crippen LogP contribution is -2.39. The lowest BCUT2D eigenvalue weighted by molar-refractivity contribution is -0.136. The van der Waals surface area contributed by atoms with Gasteiger partial charge in [0.25, 0.3) is 0 Å². The van der Waals surface area contributed by atoms with Crippen LogP contribution >= 0.6 is 0 Å². The normalized spacial score (nSPS) is 9.92. The van der Waals surface area contributed by atoms with Crippen LogP contribution < -0.4 is 20.7 Å². The number of hydrogen-bond acceptors (Lipinski definition) is 4. The molecule has 0 aromatic heterocycles. The van der Waals surface area contributed by atoms with Crippen molar-refractivity contribution in [1.29, 1.82) is 0 Å². The SMILES string of the molecule is CCOc1ccc(NC(=O)C(=O)NCC(=O)Nc2ccc(C)cc2)cc1. The van der Waals surface area contributed by atoms with E-state index >= 15 is 0 Å². The second-order valence-corrected chi connectivity index (χ2v) is 5.51. The molecule has 0 aliphatic rings. The van der Waals surface area contributed by atoms with E-state index in [0.29, 0.717) is 23.7 Å². The smallest absolute Gasteiger partial charge is 0.313 e. The molecule has 0 saturated carbocycles. The molecule has 2 rings (SSSR count). The molecule has 26 heavy (non-hydrogen) atoms. The predicted molar refractivity (Wildman–Crippen MR) is 99.1 cm³/mol. The number of benzene rings is 2. The fourth-order valence-corrected chi connectivity index (χ4v) is 2.07. The minimum atomic E-state index is -0.891. The Hall–Kier alpha value is -3.35. The molecule has 0 unspecified atom stereocenters. The summed E-state index contributed by atoms with van der Waals surface area (Å²) >= 11 is 0. The van der Waals surface area contributed by atoms with E-state index in [1.54, 1.807) is 36.4 Å². The van der Waals surface area contributed by atoms with Crippen LogP contribution in [0.3, 0.4) is 0 Å². The fourth-order valence-electron chi connectivity index (χ4n) is 2.07. The van der Waals surface area contributed by atoms with Crippen LogP contribution in [-0.4, -0.2) is 30.9 Å². The molecule has 7 heteroatoms. The van der Waals surface area contributed by atoms with Crippen molar-refractivity contribution in [2.45, 2.75) is 13.8 Å². The predicted octanol–water partition coefficient (Wildman–Crippen LogP) is 2.09. The topological polar surface area (TPSA) is 96.5 Å². The van der Waals surface area contributed by atoms with Crippen molar-refractivity contribution in [3.05, 3.63) is 54.1 Å². The van der Waals surface area contributed by atoms with Gasteiger partial charge >= 0.3 is 11.8 Å². The van der Waals surface area contributed by atoms with Crippen molar-refractivity contribution in [2.24, 2.45) is 0 Å². The number of rotatable bonds is 6. The highest BCUT2D eigenvalue weighted by molar-refractivity contribution is 6.39. The van der Waals surface area contributed by atoms with E-state index in [4.69, 9.17) is 4.74 Å². The Morgan fingerprint density at radius 1 is 0.846 bits per heavy atom. The summed E-state index contributed by atoms with van der Waals surface area (Å²) in [5, 5.41) is 7.36. The Labute approximate surface area is 151 Å². The summed E-state index contributed by atoms with van der Waals surface area (Å²) in [6.45, 7) is 4.05. The van der Waals surface area contributed by atoms with Gasteiger partial charge in [0.1, 0.15) is 5.75 Å². The maximum atomic E-state index is 11.8. The molecule has 2 aromatic rings. The first-order chi connectivity index (χ1) is 12.5. The van der Waals surface area contributed by atoms with Gasteiger partial charge in [-0.3, -0.25) is 14.4 Å². The summed E-state index contributed by atoms with van der Waals surface area (Å²) in [7, 11) is 0. The Bertz CT molecular complexity index is 770. The second kappa shape index (κ2) is 9.22. The van der Waals surface area contributed by atoms with E-state index in [1.165, 1.54) is 0 Å². The minimum absolute atomic E-state index is 0.302. The summed E-state index contributed by atoms with van der Waals surface area (Å²) in [4.78, 5) is 35.4. The molecular formula is C19H21N3O4. The van der Waals surface area contributed by atoms with E-state index in [-0.39, 0.29) is 6.54 Å². The zero-order valence-electron chi connectivity index (χ0n) is 14.7. The largest absolute Gasteiger partial charge is 0.494 e. The highest BCUT2D eigenvalue weighted by atomic mass is 16.5.